The summed E-state index contributed by atoms with van der Waals surface area (Å²) in [4.78, 5) is 15.8. The van der Waals surface area contributed by atoms with Crippen LogP contribution in [0.15, 0.2) is 48.7 Å². The Hall–Kier alpha value is -1.63. The van der Waals surface area contributed by atoms with E-state index in [1.54, 1.807) is 6.20 Å². The molecule has 0 atom stereocenters. The number of ether oxygens (including phenoxy) is 1. The van der Waals surface area contributed by atoms with E-state index >= 15 is 0 Å². The maximum absolute atomic E-state index is 11.6. The van der Waals surface area contributed by atoms with Crippen LogP contribution < -0.4 is 10.1 Å². The SMILES string of the molecule is O=C(COc1ccc(I)cc1)NCCc1ccccn1. The van der Waals surface area contributed by atoms with Crippen molar-refractivity contribution in [3.8, 4) is 5.75 Å². The van der Waals surface area contributed by atoms with Gasteiger partial charge in [0.25, 0.3) is 5.91 Å². The number of amides is 1. The van der Waals surface area contributed by atoms with Gasteiger partial charge in [-0.1, -0.05) is 6.07 Å². The van der Waals surface area contributed by atoms with Gasteiger partial charge in [-0.25, -0.2) is 0 Å². The summed E-state index contributed by atoms with van der Waals surface area (Å²) < 4.78 is 6.53. The maximum atomic E-state index is 11.6. The molecule has 2 aromatic rings. The first kappa shape index (κ1) is 14.8. The largest absolute Gasteiger partial charge is 0.484 e. The predicted molar refractivity (Wildman–Crippen MR) is 85.6 cm³/mol. The highest BCUT2D eigenvalue weighted by atomic mass is 127. The first-order valence-electron chi connectivity index (χ1n) is 6.29. The summed E-state index contributed by atoms with van der Waals surface area (Å²) in [6, 6.07) is 13.3. The average Bonchev–Trinajstić information content (AvgIpc) is 2.48. The Labute approximate surface area is 131 Å². The molecule has 0 aliphatic rings. The fraction of sp³-hybridized carbons (Fsp3) is 0.200. The minimum absolute atomic E-state index is 0.0306. The van der Waals surface area contributed by atoms with Crippen LogP contribution in [0.3, 0.4) is 0 Å². The summed E-state index contributed by atoms with van der Waals surface area (Å²) in [7, 11) is 0. The minimum Gasteiger partial charge on any atom is -0.484 e. The van der Waals surface area contributed by atoms with Crippen molar-refractivity contribution in [2.45, 2.75) is 6.42 Å². The Morgan fingerprint density at radius 3 is 2.70 bits per heavy atom. The molecule has 4 nitrogen and oxygen atoms in total. The molecule has 1 aromatic heterocycles. The van der Waals surface area contributed by atoms with Crippen molar-refractivity contribution in [3.63, 3.8) is 0 Å². The van der Waals surface area contributed by atoms with E-state index in [0.29, 0.717) is 12.3 Å². The molecule has 0 fully saturated rings. The number of hydrogen-bond acceptors (Lipinski definition) is 3. The number of benzene rings is 1. The molecule has 0 aliphatic heterocycles. The summed E-state index contributed by atoms with van der Waals surface area (Å²) in [6.07, 6.45) is 2.47. The van der Waals surface area contributed by atoms with Crippen LogP contribution >= 0.6 is 22.6 Å². The van der Waals surface area contributed by atoms with Crippen molar-refractivity contribution in [2.75, 3.05) is 13.2 Å². The summed E-state index contributed by atoms with van der Waals surface area (Å²) in [5.41, 5.74) is 0.964. The molecule has 0 radical (unpaired) electrons. The summed E-state index contributed by atoms with van der Waals surface area (Å²) in [5.74, 6) is 0.574. The lowest BCUT2D eigenvalue weighted by Crippen LogP contribution is -2.30. The molecule has 20 heavy (non-hydrogen) atoms. The number of aromatic nitrogens is 1. The molecule has 0 saturated carbocycles. The lowest BCUT2D eigenvalue weighted by molar-refractivity contribution is -0.123. The van der Waals surface area contributed by atoms with Gasteiger partial charge in [-0.2, -0.15) is 0 Å². The zero-order chi connectivity index (χ0) is 14.2. The molecule has 0 spiro atoms. The number of carbonyl (C=O) groups excluding carboxylic acids is 1. The van der Waals surface area contributed by atoms with Crippen molar-refractivity contribution in [2.24, 2.45) is 0 Å². The number of halogens is 1. The van der Waals surface area contributed by atoms with Crippen molar-refractivity contribution in [1.82, 2.24) is 10.3 Å². The topological polar surface area (TPSA) is 51.2 Å². The monoisotopic (exact) mass is 382 g/mol. The maximum Gasteiger partial charge on any atom is 0.257 e. The zero-order valence-corrected chi connectivity index (χ0v) is 13.0. The minimum atomic E-state index is -0.125. The predicted octanol–water partition coefficient (Wildman–Crippen LogP) is 2.42. The van der Waals surface area contributed by atoms with E-state index in [9.17, 15) is 4.79 Å². The number of carbonyl (C=O) groups is 1. The van der Waals surface area contributed by atoms with Crippen LogP contribution in [0.25, 0.3) is 0 Å². The second-order valence-corrected chi connectivity index (χ2v) is 5.41. The molecule has 1 aromatic carbocycles. The van der Waals surface area contributed by atoms with Gasteiger partial charge in [-0.05, 0) is 59.0 Å². The molecule has 1 heterocycles. The van der Waals surface area contributed by atoms with E-state index in [1.165, 1.54) is 0 Å². The van der Waals surface area contributed by atoms with Crippen LogP contribution in [0, 0.1) is 3.57 Å². The Morgan fingerprint density at radius 1 is 1.20 bits per heavy atom. The number of nitrogens with zero attached hydrogens (tertiary/aromatic N) is 1. The Morgan fingerprint density at radius 2 is 2.00 bits per heavy atom. The van der Waals surface area contributed by atoms with Crippen LogP contribution in [0.1, 0.15) is 5.69 Å². The highest BCUT2D eigenvalue weighted by Crippen LogP contribution is 2.13. The van der Waals surface area contributed by atoms with Gasteiger partial charge >= 0.3 is 0 Å². The van der Waals surface area contributed by atoms with Crippen molar-refractivity contribution < 1.29 is 9.53 Å². The first-order valence-corrected chi connectivity index (χ1v) is 7.37. The normalized spacial score (nSPS) is 10.1. The third-order valence-corrected chi connectivity index (χ3v) is 3.33. The molecule has 104 valence electrons. The van der Waals surface area contributed by atoms with Gasteiger partial charge < -0.3 is 10.1 Å². The summed E-state index contributed by atoms with van der Waals surface area (Å²) in [6.45, 7) is 0.592. The molecular weight excluding hydrogens is 367 g/mol. The van der Waals surface area contributed by atoms with Crippen LogP contribution in [0.2, 0.25) is 0 Å². The zero-order valence-electron chi connectivity index (χ0n) is 10.9. The molecule has 0 unspecified atom stereocenters. The Balaban J connectivity index is 1.67. The Bertz CT molecular complexity index is 544. The van der Waals surface area contributed by atoms with Gasteiger partial charge in [0.1, 0.15) is 5.75 Å². The molecule has 0 aliphatic carbocycles. The summed E-state index contributed by atoms with van der Waals surface area (Å²) >= 11 is 2.22. The number of nitrogens with one attached hydrogen (secondary N) is 1. The van der Waals surface area contributed by atoms with E-state index in [0.717, 1.165) is 15.7 Å². The fourth-order valence-electron chi connectivity index (χ4n) is 1.61. The quantitative estimate of drug-likeness (QED) is 0.781. The van der Waals surface area contributed by atoms with Crippen LogP contribution in [-0.4, -0.2) is 24.0 Å². The van der Waals surface area contributed by atoms with E-state index in [1.807, 2.05) is 42.5 Å². The van der Waals surface area contributed by atoms with Crippen molar-refractivity contribution >= 4 is 28.5 Å². The van der Waals surface area contributed by atoms with Gasteiger partial charge in [-0.15, -0.1) is 0 Å². The van der Waals surface area contributed by atoms with Gasteiger partial charge in [0, 0.05) is 28.4 Å². The number of rotatable bonds is 6. The van der Waals surface area contributed by atoms with E-state index in [-0.39, 0.29) is 12.5 Å². The van der Waals surface area contributed by atoms with E-state index < -0.39 is 0 Å². The van der Waals surface area contributed by atoms with Crippen LogP contribution in [0.5, 0.6) is 5.75 Å². The molecule has 1 amide bonds. The lowest BCUT2D eigenvalue weighted by Gasteiger charge is -2.07. The van der Waals surface area contributed by atoms with Crippen LogP contribution in [-0.2, 0) is 11.2 Å². The van der Waals surface area contributed by atoms with Crippen LogP contribution in [0.4, 0.5) is 0 Å². The van der Waals surface area contributed by atoms with Gasteiger partial charge in [-0.3, -0.25) is 9.78 Å². The average molecular weight is 382 g/mol. The third kappa shape index (κ3) is 5.16. The third-order valence-electron chi connectivity index (χ3n) is 2.61. The van der Waals surface area contributed by atoms with Gasteiger partial charge in [0.2, 0.25) is 0 Å². The fourth-order valence-corrected chi connectivity index (χ4v) is 1.97. The number of hydrogen-bond donors (Lipinski definition) is 1. The van der Waals surface area contributed by atoms with E-state index in [2.05, 4.69) is 32.9 Å². The van der Waals surface area contributed by atoms with E-state index in [4.69, 9.17) is 4.74 Å². The standard InChI is InChI=1S/C15H15IN2O2/c16-12-4-6-14(7-5-12)20-11-15(19)18-10-8-13-3-1-2-9-17-13/h1-7,9H,8,10-11H2,(H,18,19). The Kier molecular flexibility index (Phi) is 5.79. The highest BCUT2D eigenvalue weighted by Gasteiger charge is 2.02. The molecule has 0 saturated heterocycles. The molecular formula is C15H15IN2O2. The highest BCUT2D eigenvalue weighted by molar-refractivity contribution is 14.1. The summed E-state index contributed by atoms with van der Waals surface area (Å²) in [5, 5.41) is 2.81. The molecule has 5 heteroatoms. The van der Waals surface area contributed by atoms with Gasteiger partial charge in [0.05, 0.1) is 0 Å². The smallest absolute Gasteiger partial charge is 0.257 e. The second-order valence-electron chi connectivity index (χ2n) is 4.16. The number of pyridine rings is 1. The second kappa shape index (κ2) is 7.84. The molecule has 0 bridgehead atoms. The first-order chi connectivity index (χ1) is 9.74. The van der Waals surface area contributed by atoms with Crippen molar-refractivity contribution in [3.05, 3.63) is 57.9 Å². The molecule has 2 rings (SSSR count). The van der Waals surface area contributed by atoms with Gasteiger partial charge in [0.15, 0.2) is 6.61 Å². The van der Waals surface area contributed by atoms with Crippen molar-refractivity contribution in [1.29, 1.82) is 0 Å². The molecule has 1 N–H and O–H groups in total. The lowest BCUT2D eigenvalue weighted by atomic mass is 10.3.